The molecule has 1 aromatic rings. The number of hydrogen-bond acceptors (Lipinski definition) is 5. The minimum Gasteiger partial charge on any atom is -0.497 e. The van der Waals surface area contributed by atoms with E-state index in [4.69, 9.17) is 14.6 Å². The van der Waals surface area contributed by atoms with E-state index >= 15 is 0 Å². The summed E-state index contributed by atoms with van der Waals surface area (Å²) in [6, 6.07) is 4.29. The van der Waals surface area contributed by atoms with Crippen LogP contribution in [-0.4, -0.2) is 55.3 Å². The van der Waals surface area contributed by atoms with E-state index in [1.54, 1.807) is 12.1 Å². The first-order chi connectivity index (χ1) is 11.5. The molecule has 1 aliphatic heterocycles. The van der Waals surface area contributed by atoms with Gasteiger partial charge in [0.05, 0.1) is 31.4 Å². The van der Waals surface area contributed by atoms with E-state index in [9.17, 15) is 14.4 Å². The predicted molar refractivity (Wildman–Crippen MR) is 85.3 cm³/mol. The number of likely N-dealkylation sites (tertiary alicyclic amines) is 1. The second-order valence-electron chi connectivity index (χ2n) is 5.43. The molecule has 1 saturated heterocycles. The maximum absolute atomic E-state index is 12.3. The number of aliphatic carboxylic acids is 1. The van der Waals surface area contributed by atoms with Gasteiger partial charge in [-0.05, 0) is 31.0 Å². The maximum atomic E-state index is 12.3. The molecule has 0 radical (unpaired) electrons. The third kappa shape index (κ3) is 3.95. The van der Waals surface area contributed by atoms with E-state index in [1.165, 1.54) is 25.2 Å². The molecule has 0 spiro atoms. The smallest absolute Gasteiger partial charge is 0.340 e. The van der Waals surface area contributed by atoms with Gasteiger partial charge in [0.1, 0.15) is 5.75 Å². The number of amides is 2. The summed E-state index contributed by atoms with van der Waals surface area (Å²) in [5, 5.41) is 11.7. The lowest BCUT2D eigenvalue weighted by molar-refractivity contribution is -0.143. The van der Waals surface area contributed by atoms with Crippen molar-refractivity contribution < 1.29 is 29.0 Å². The van der Waals surface area contributed by atoms with Gasteiger partial charge in [-0.1, -0.05) is 0 Å². The van der Waals surface area contributed by atoms with Crippen LogP contribution in [-0.2, 0) is 9.53 Å². The molecule has 2 amide bonds. The molecule has 24 heavy (non-hydrogen) atoms. The summed E-state index contributed by atoms with van der Waals surface area (Å²) in [4.78, 5) is 36.7. The fourth-order valence-electron chi connectivity index (χ4n) is 2.56. The normalized spacial score (nSPS) is 14.8. The number of benzene rings is 1. The predicted octanol–water partition coefficient (Wildman–Crippen LogP) is 1.81. The van der Waals surface area contributed by atoms with Crippen LogP contribution in [0.25, 0.3) is 0 Å². The lowest BCUT2D eigenvalue weighted by Gasteiger charge is -2.30. The summed E-state index contributed by atoms with van der Waals surface area (Å²) in [5.74, 6) is -1.37. The molecular weight excluding hydrogens is 316 g/mol. The summed E-state index contributed by atoms with van der Waals surface area (Å²) in [6.07, 6.45) is 0.824. The summed E-state index contributed by atoms with van der Waals surface area (Å²) in [5.41, 5.74) is 0.499. The van der Waals surface area contributed by atoms with Gasteiger partial charge in [-0.15, -0.1) is 0 Å². The van der Waals surface area contributed by atoms with Crippen molar-refractivity contribution in [2.75, 3.05) is 32.6 Å². The molecule has 0 aliphatic carbocycles. The van der Waals surface area contributed by atoms with Crippen molar-refractivity contribution in [1.82, 2.24) is 4.90 Å². The molecule has 0 bridgehead atoms. The molecule has 1 aliphatic rings. The van der Waals surface area contributed by atoms with E-state index in [0.717, 1.165) is 0 Å². The third-order valence-electron chi connectivity index (χ3n) is 4.01. The topological polar surface area (TPSA) is 105 Å². The number of methoxy groups -OCH3 is 2. The van der Waals surface area contributed by atoms with Crippen LogP contribution in [0.3, 0.4) is 0 Å². The quantitative estimate of drug-likeness (QED) is 0.813. The molecule has 0 aromatic heterocycles. The number of esters is 1. The molecule has 1 aromatic carbocycles. The number of urea groups is 1. The minimum absolute atomic E-state index is 0.186. The van der Waals surface area contributed by atoms with Gasteiger partial charge in [-0.3, -0.25) is 4.79 Å². The molecule has 8 heteroatoms. The molecule has 2 N–H and O–H groups in total. The fourth-order valence-corrected chi connectivity index (χ4v) is 2.56. The molecule has 8 nitrogen and oxygen atoms in total. The SMILES string of the molecule is COC(=O)c1cc(OC)ccc1NC(=O)N1CCC(C(=O)O)CC1. The second kappa shape index (κ2) is 7.67. The van der Waals surface area contributed by atoms with Crippen LogP contribution in [0.4, 0.5) is 10.5 Å². The molecule has 1 heterocycles. The number of piperidine rings is 1. The van der Waals surface area contributed by atoms with Crippen LogP contribution in [0.2, 0.25) is 0 Å². The number of rotatable bonds is 4. The number of anilines is 1. The third-order valence-corrected chi connectivity index (χ3v) is 4.01. The largest absolute Gasteiger partial charge is 0.497 e. The van der Waals surface area contributed by atoms with E-state index in [-0.39, 0.29) is 11.6 Å². The maximum Gasteiger partial charge on any atom is 0.340 e. The number of carbonyl (C=O) groups excluding carboxylic acids is 2. The van der Waals surface area contributed by atoms with E-state index in [0.29, 0.717) is 37.4 Å². The van der Waals surface area contributed by atoms with E-state index in [2.05, 4.69) is 5.32 Å². The highest BCUT2D eigenvalue weighted by atomic mass is 16.5. The van der Waals surface area contributed by atoms with Crippen molar-refractivity contribution >= 4 is 23.7 Å². The summed E-state index contributed by atoms with van der Waals surface area (Å²) in [7, 11) is 2.73. The number of hydrogen-bond donors (Lipinski definition) is 2. The van der Waals surface area contributed by atoms with Gasteiger partial charge in [0.15, 0.2) is 0 Å². The van der Waals surface area contributed by atoms with Crippen LogP contribution in [0.5, 0.6) is 5.75 Å². The Morgan fingerprint density at radius 3 is 2.42 bits per heavy atom. The van der Waals surface area contributed by atoms with E-state index < -0.39 is 17.9 Å². The number of carbonyl (C=O) groups is 3. The molecule has 1 fully saturated rings. The zero-order chi connectivity index (χ0) is 17.7. The Hall–Kier alpha value is -2.77. The van der Waals surface area contributed by atoms with E-state index in [1.807, 2.05) is 0 Å². The Kier molecular flexibility index (Phi) is 5.62. The first-order valence-electron chi connectivity index (χ1n) is 7.51. The van der Waals surface area contributed by atoms with Crippen molar-refractivity contribution in [3.63, 3.8) is 0 Å². The van der Waals surface area contributed by atoms with Crippen molar-refractivity contribution in [3.8, 4) is 5.75 Å². The zero-order valence-corrected chi connectivity index (χ0v) is 13.6. The zero-order valence-electron chi connectivity index (χ0n) is 13.6. The van der Waals surface area contributed by atoms with Gasteiger partial charge in [0.25, 0.3) is 0 Å². The van der Waals surface area contributed by atoms with Crippen molar-refractivity contribution in [1.29, 1.82) is 0 Å². The summed E-state index contributed by atoms with van der Waals surface area (Å²) in [6.45, 7) is 0.707. The highest BCUT2D eigenvalue weighted by Crippen LogP contribution is 2.24. The second-order valence-corrected chi connectivity index (χ2v) is 5.43. The highest BCUT2D eigenvalue weighted by molar-refractivity contribution is 6.01. The molecular formula is C16H20N2O6. The fraction of sp³-hybridized carbons (Fsp3) is 0.438. The average Bonchev–Trinajstić information content (AvgIpc) is 2.61. The Morgan fingerprint density at radius 1 is 1.21 bits per heavy atom. The average molecular weight is 336 g/mol. The summed E-state index contributed by atoms with van der Waals surface area (Å²) >= 11 is 0. The van der Waals surface area contributed by atoms with Gasteiger partial charge in [-0.25, -0.2) is 9.59 Å². The van der Waals surface area contributed by atoms with Gasteiger partial charge >= 0.3 is 18.0 Å². The van der Waals surface area contributed by atoms with Crippen LogP contribution in [0.15, 0.2) is 18.2 Å². The Labute approximate surface area is 139 Å². The van der Waals surface area contributed by atoms with Crippen molar-refractivity contribution in [3.05, 3.63) is 23.8 Å². The summed E-state index contributed by atoms with van der Waals surface area (Å²) < 4.78 is 9.79. The Morgan fingerprint density at radius 2 is 1.88 bits per heavy atom. The van der Waals surface area contributed by atoms with Gasteiger partial charge in [0.2, 0.25) is 0 Å². The minimum atomic E-state index is -0.835. The first kappa shape index (κ1) is 17.6. The monoisotopic (exact) mass is 336 g/mol. The van der Waals surface area contributed by atoms with Crippen LogP contribution in [0, 0.1) is 5.92 Å². The molecule has 0 unspecified atom stereocenters. The van der Waals surface area contributed by atoms with Gasteiger partial charge in [0, 0.05) is 13.1 Å². The number of carboxylic acid groups (broad SMARTS) is 1. The number of nitrogens with one attached hydrogen (secondary N) is 1. The molecule has 2 rings (SSSR count). The first-order valence-corrected chi connectivity index (χ1v) is 7.51. The van der Waals surface area contributed by atoms with Crippen LogP contribution in [0.1, 0.15) is 23.2 Å². The van der Waals surface area contributed by atoms with Crippen molar-refractivity contribution in [2.45, 2.75) is 12.8 Å². The highest BCUT2D eigenvalue weighted by Gasteiger charge is 2.27. The van der Waals surface area contributed by atoms with Crippen LogP contribution >= 0.6 is 0 Å². The molecule has 0 atom stereocenters. The van der Waals surface area contributed by atoms with Crippen LogP contribution < -0.4 is 10.1 Å². The lowest BCUT2D eigenvalue weighted by Crippen LogP contribution is -2.42. The Balaban J connectivity index is 2.09. The standard InChI is InChI=1S/C16H20N2O6/c1-23-11-3-4-13(12(9-11)15(21)24-2)17-16(22)18-7-5-10(6-8-18)14(19)20/h3-4,9-10H,5-8H2,1-2H3,(H,17,22)(H,19,20). The van der Waals surface area contributed by atoms with Gasteiger partial charge < -0.3 is 24.8 Å². The van der Waals surface area contributed by atoms with Gasteiger partial charge in [-0.2, -0.15) is 0 Å². The molecule has 0 saturated carbocycles. The lowest BCUT2D eigenvalue weighted by atomic mass is 9.97. The number of nitrogens with zero attached hydrogens (tertiary/aromatic N) is 1. The van der Waals surface area contributed by atoms with Crippen molar-refractivity contribution in [2.24, 2.45) is 5.92 Å². The number of ether oxygens (including phenoxy) is 2. The molecule has 130 valence electrons. The Bertz CT molecular complexity index is 637. The number of carboxylic acids is 1.